The molecule has 1 N–H and O–H groups in total. The van der Waals surface area contributed by atoms with E-state index in [1.807, 2.05) is 0 Å². The van der Waals surface area contributed by atoms with Gasteiger partial charge in [-0.15, -0.1) is 0 Å². The third-order valence-corrected chi connectivity index (χ3v) is 2.58. The summed E-state index contributed by atoms with van der Waals surface area (Å²) in [5, 5.41) is 5.04. The molecule has 1 aromatic carbocycles. The van der Waals surface area contributed by atoms with Crippen LogP contribution in [0.3, 0.4) is 0 Å². The minimum absolute atomic E-state index is 0.409. The molecule has 1 aromatic heterocycles. The molecule has 1 heterocycles. The summed E-state index contributed by atoms with van der Waals surface area (Å²) in [5.74, 6) is 0.409. The van der Waals surface area contributed by atoms with E-state index < -0.39 is 0 Å². The van der Waals surface area contributed by atoms with Gasteiger partial charge < -0.3 is 0 Å². The predicted molar refractivity (Wildman–Crippen MR) is 69.7 cm³/mol. The zero-order valence-corrected chi connectivity index (χ0v) is 10.2. The smallest absolute Gasteiger partial charge is 0.243 e. The summed E-state index contributed by atoms with van der Waals surface area (Å²) in [5.41, 5.74) is 3.33. The van der Waals surface area contributed by atoms with E-state index >= 15 is 0 Å². The van der Waals surface area contributed by atoms with E-state index in [4.69, 9.17) is 23.2 Å². The van der Waals surface area contributed by atoms with Crippen molar-refractivity contribution in [1.82, 2.24) is 9.97 Å². The molecule has 86 valence electrons. The van der Waals surface area contributed by atoms with Gasteiger partial charge in [0.15, 0.2) is 0 Å². The lowest BCUT2D eigenvalue weighted by atomic mass is 10.2. The fourth-order valence-electron chi connectivity index (χ4n) is 1.15. The van der Waals surface area contributed by atoms with Crippen LogP contribution in [0.4, 0.5) is 5.95 Å². The summed E-state index contributed by atoms with van der Waals surface area (Å²) in [7, 11) is 0. The number of nitrogens with one attached hydrogen (secondary N) is 1. The normalized spacial score (nSPS) is 10.7. The van der Waals surface area contributed by atoms with Crippen LogP contribution in [0.25, 0.3) is 0 Å². The molecule has 0 bridgehead atoms. The van der Waals surface area contributed by atoms with E-state index in [0.717, 1.165) is 0 Å². The second kappa shape index (κ2) is 5.61. The summed E-state index contributed by atoms with van der Waals surface area (Å²) >= 11 is 12.0. The van der Waals surface area contributed by atoms with Crippen molar-refractivity contribution in [3.8, 4) is 0 Å². The van der Waals surface area contributed by atoms with Gasteiger partial charge >= 0.3 is 0 Å². The van der Waals surface area contributed by atoms with Gasteiger partial charge in [0.1, 0.15) is 0 Å². The number of anilines is 1. The van der Waals surface area contributed by atoms with Crippen molar-refractivity contribution in [3.05, 3.63) is 52.3 Å². The second-order valence-electron chi connectivity index (χ2n) is 3.08. The predicted octanol–water partition coefficient (Wildman–Crippen LogP) is 3.23. The van der Waals surface area contributed by atoms with Crippen LogP contribution in [0.5, 0.6) is 0 Å². The highest BCUT2D eigenvalue weighted by Gasteiger charge is 2.01. The number of hydrogen-bond acceptors (Lipinski definition) is 4. The maximum atomic E-state index is 5.98. The number of halogens is 2. The molecule has 0 atom stereocenters. The Balaban J connectivity index is 2.11. The third kappa shape index (κ3) is 3.15. The Morgan fingerprint density at radius 1 is 1.06 bits per heavy atom. The third-order valence-electron chi connectivity index (χ3n) is 1.92. The first kappa shape index (κ1) is 11.8. The van der Waals surface area contributed by atoms with Crippen LogP contribution in [0, 0.1) is 0 Å². The molecule has 4 nitrogen and oxygen atoms in total. The average Bonchev–Trinajstić information content (AvgIpc) is 2.34. The molecular formula is C11H8Cl2N4. The number of nitrogens with zero attached hydrogens (tertiary/aromatic N) is 3. The van der Waals surface area contributed by atoms with Crippen molar-refractivity contribution in [2.24, 2.45) is 5.10 Å². The van der Waals surface area contributed by atoms with Crippen molar-refractivity contribution in [1.29, 1.82) is 0 Å². The van der Waals surface area contributed by atoms with Gasteiger partial charge in [-0.25, -0.2) is 15.4 Å². The molecule has 0 saturated carbocycles. The fraction of sp³-hybridized carbons (Fsp3) is 0. The standard InChI is InChI=1S/C11H8Cl2N4/c12-9-3-1-4-10(13)8(9)7-16-17-11-14-5-2-6-15-11/h1-7H,(H,14,15,17). The van der Waals surface area contributed by atoms with Crippen LogP contribution in [-0.4, -0.2) is 16.2 Å². The maximum Gasteiger partial charge on any atom is 0.243 e. The van der Waals surface area contributed by atoms with E-state index in [-0.39, 0.29) is 0 Å². The topological polar surface area (TPSA) is 50.2 Å². The van der Waals surface area contributed by atoms with Gasteiger partial charge in [0.25, 0.3) is 0 Å². The Morgan fingerprint density at radius 3 is 2.35 bits per heavy atom. The molecule has 6 heteroatoms. The molecule has 0 spiro atoms. The monoisotopic (exact) mass is 266 g/mol. The average molecular weight is 267 g/mol. The SMILES string of the molecule is Clc1cccc(Cl)c1C=NNc1ncccn1. The zero-order valence-electron chi connectivity index (χ0n) is 8.64. The minimum Gasteiger partial charge on any atom is -0.245 e. The van der Waals surface area contributed by atoms with Crippen LogP contribution in [0.15, 0.2) is 41.8 Å². The number of rotatable bonds is 3. The largest absolute Gasteiger partial charge is 0.245 e. The number of hydrogen-bond donors (Lipinski definition) is 1. The number of aromatic nitrogens is 2. The van der Waals surface area contributed by atoms with Gasteiger partial charge in [-0.2, -0.15) is 5.10 Å². The molecule has 0 radical (unpaired) electrons. The molecule has 0 aliphatic rings. The first-order chi connectivity index (χ1) is 8.27. The number of hydrazone groups is 1. The molecule has 0 amide bonds. The highest BCUT2D eigenvalue weighted by Crippen LogP contribution is 2.22. The van der Waals surface area contributed by atoms with Crippen LogP contribution < -0.4 is 5.43 Å². The molecule has 2 aromatic rings. The Labute approximate surface area is 108 Å². The fourth-order valence-corrected chi connectivity index (χ4v) is 1.64. The summed E-state index contributed by atoms with van der Waals surface area (Å²) in [6.07, 6.45) is 4.77. The van der Waals surface area contributed by atoms with Gasteiger partial charge in [0, 0.05) is 18.0 Å². The van der Waals surface area contributed by atoms with E-state index in [1.165, 1.54) is 6.21 Å². The van der Waals surface area contributed by atoms with Gasteiger partial charge in [-0.05, 0) is 18.2 Å². The van der Waals surface area contributed by atoms with Gasteiger partial charge in [0.05, 0.1) is 16.3 Å². The summed E-state index contributed by atoms with van der Waals surface area (Å²) in [6, 6.07) is 6.98. The van der Waals surface area contributed by atoms with Crippen molar-refractivity contribution in [2.75, 3.05) is 5.43 Å². The second-order valence-corrected chi connectivity index (χ2v) is 3.89. The zero-order chi connectivity index (χ0) is 12.1. The van der Waals surface area contributed by atoms with Crippen molar-refractivity contribution >= 4 is 35.4 Å². The Bertz CT molecular complexity index is 508. The Kier molecular flexibility index (Phi) is 3.90. The first-order valence-corrected chi connectivity index (χ1v) is 5.53. The number of benzene rings is 1. The quantitative estimate of drug-likeness (QED) is 0.686. The van der Waals surface area contributed by atoms with Crippen LogP contribution >= 0.6 is 23.2 Å². The summed E-state index contributed by atoms with van der Waals surface area (Å²) in [4.78, 5) is 7.91. The van der Waals surface area contributed by atoms with Gasteiger partial charge in [-0.1, -0.05) is 29.3 Å². The molecule has 2 rings (SSSR count). The molecule has 0 aliphatic heterocycles. The van der Waals surface area contributed by atoms with E-state index in [2.05, 4.69) is 20.5 Å². The first-order valence-electron chi connectivity index (χ1n) is 4.77. The highest BCUT2D eigenvalue weighted by molar-refractivity contribution is 6.38. The molecule has 0 fully saturated rings. The molecule has 0 saturated heterocycles. The van der Waals surface area contributed by atoms with Gasteiger partial charge in [0.2, 0.25) is 5.95 Å². The van der Waals surface area contributed by atoms with Crippen molar-refractivity contribution in [2.45, 2.75) is 0 Å². The molecular weight excluding hydrogens is 259 g/mol. The van der Waals surface area contributed by atoms with Crippen LogP contribution in [-0.2, 0) is 0 Å². The van der Waals surface area contributed by atoms with Crippen molar-refractivity contribution < 1.29 is 0 Å². The lowest BCUT2D eigenvalue weighted by Gasteiger charge is -2.00. The van der Waals surface area contributed by atoms with E-state index in [1.54, 1.807) is 36.7 Å². The lowest BCUT2D eigenvalue weighted by Crippen LogP contribution is -1.96. The van der Waals surface area contributed by atoms with Gasteiger partial charge in [-0.3, -0.25) is 0 Å². The molecule has 17 heavy (non-hydrogen) atoms. The molecule has 0 unspecified atom stereocenters. The Morgan fingerprint density at radius 2 is 1.71 bits per heavy atom. The summed E-state index contributed by atoms with van der Waals surface area (Å²) < 4.78 is 0. The Hall–Kier alpha value is -1.65. The lowest BCUT2D eigenvalue weighted by molar-refractivity contribution is 1.12. The van der Waals surface area contributed by atoms with Crippen molar-refractivity contribution in [3.63, 3.8) is 0 Å². The van der Waals surface area contributed by atoms with Crippen LogP contribution in [0.1, 0.15) is 5.56 Å². The summed E-state index contributed by atoms with van der Waals surface area (Å²) in [6.45, 7) is 0. The van der Waals surface area contributed by atoms with E-state index in [9.17, 15) is 0 Å². The minimum atomic E-state index is 0.409. The molecule has 0 aliphatic carbocycles. The van der Waals surface area contributed by atoms with Crippen LogP contribution in [0.2, 0.25) is 10.0 Å². The highest BCUT2D eigenvalue weighted by atomic mass is 35.5. The van der Waals surface area contributed by atoms with E-state index in [0.29, 0.717) is 21.6 Å². The maximum absolute atomic E-state index is 5.98.